The second-order valence-corrected chi connectivity index (χ2v) is 4.35. The first kappa shape index (κ1) is 14.3. The van der Waals surface area contributed by atoms with E-state index in [9.17, 15) is 4.79 Å². The molecule has 0 bridgehead atoms. The summed E-state index contributed by atoms with van der Waals surface area (Å²) in [6.07, 6.45) is 3.28. The monoisotopic (exact) mass is 214 g/mol. The zero-order chi connectivity index (χ0) is 11.7. The lowest BCUT2D eigenvalue weighted by molar-refractivity contribution is 0.199. The minimum absolute atomic E-state index is 0.0894. The molecule has 0 saturated carbocycles. The molecule has 0 atom stereocenters. The molecule has 2 amide bonds. The number of hydrogen-bond donors (Lipinski definition) is 1. The fourth-order valence-corrected chi connectivity index (χ4v) is 1.33. The van der Waals surface area contributed by atoms with Gasteiger partial charge in [-0.05, 0) is 25.7 Å². The van der Waals surface area contributed by atoms with Crippen LogP contribution in [0.1, 0.15) is 47.0 Å². The van der Waals surface area contributed by atoms with Crippen LogP contribution in [0.4, 0.5) is 4.79 Å². The maximum Gasteiger partial charge on any atom is 0.317 e. The Bertz CT molecular complexity index is 169. The summed E-state index contributed by atoms with van der Waals surface area (Å²) in [5.74, 6) is 0.649. The molecule has 0 aromatic rings. The molecule has 0 aliphatic heterocycles. The fraction of sp³-hybridized carbons (Fsp3) is 0.917. The predicted octanol–water partition coefficient (Wildman–Crippen LogP) is 2.86. The highest BCUT2D eigenvalue weighted by atomic mass is 16.2. The van der Waals surface area contributed by atoms with E-state index in [1.165, 1.54) is 0 Å². The van der Waals surface area contributed by atoms with Gasteiger partial charge in [0.05, 0.1) is 0 Å². The van der Waals surface area contributed by atoms with E-state index in [0.29, 0.717) is 5.92 Å². The molecule has 0 fully saturated rings. The summed E-state index contributed by atoms with van der Waals surface area (Å²) >= 11 is 0. The predicted molar refractivity (Wildman–Crippen MR) is 65.0 cm³/mol. The zero-order valence-electron chi connectivity index (χ0n) is 10.7. The molecule has 3 heteroatoms. The number of hydrogen-bond acceptors (Lipinski definition) is 1. The van der Waals surface area contributed by atoms with E-state index >= 15 is 0 Å². The second kappa shape index (κ2) is 8.57. The van der Waals surface area contributed by atoms with Crippen LogP contribution in [0.3, 0.4) is 0 Å². The molecule has 0 unspecified atom stereocenters. The molecular formula is C12H26N2O. The molecular weight excluding hydrogens is 188 g/mol. The molecule has 90 valence electrons. The minimum atomic E-state index is 0.0894. The Morgan fingerprint density at radius 3 is 2.47 bits per heavy atom. The van der Waals surface area contributed by atoms with Gasteiger partial charge in [0.1, 0.15) is 0 Å². The van der Waals surface area contributed by atoms with Gasteiger partial charge in [-0.1, -0.05) is 27.2 Å². The van der Waals surface area contributed by atoms with Gasteiger partial charge in [-0.3, -0.25) is 0 Å². The van der Waals surface area contributed by atoms with Crippen molar-refractivity contribution in [2.75, 3.05) is 19.6 Å². The van der Waals surface area contributed by atoms with E-state index in [1.807, 2.05) is 11.8 Å². The van der Waals surface area contributed by atoms with Crippen molar-refractivity contribution in [3.05, 3.63) is 0 Å². The normalized spacial score (nSPS) is 10.5. The Morgan fingerprint density at radius 1 is 1.33 bits per heavy atom. The molecule has 0 aliphatic rings. The molecule has 0 spiro atoms. The number of unbranched alkanes of at least 4 members (excludes halogenated alkanes) is 1. The van der Waals surface area contributed by atoms with Crippen LogP contribution in [-0.2, 0) is 0 Å². The molecule has 0 aromatic heterocycles. The van der Waals surface area contributed by atoms with Gasteiger partial charge in [-0.15, -0.1) is 0 Å². The smallest absolute Gasteiger partial charge is 0.317 e. The quantitative estimate of drug-likeness (QED) is 0.694. The van der Waals surface area contributed by atoms with Crippen LogP contribution in [-0.4, -0.2) is 30.6 Å². The SMILES string of the molecule is CCCCN(CC)C(=O)NCCC(C)C. The van der Waals surface area contributed by atoms with Crippen molar-refractivity contribution in [3.63, 3.8) is 0 Å². The third-order valence-electron chi connectivity index (χ3n) is 2.45. The summed E-state index contributed by atoms with van der Waals surface area (Å²) in [5, 5.41) is 2.96. The largest absolute Gasteiger partial charge is 0.338 e. The van der Waals surface area contributed by atoms with E-state index in [-0.39, 0.29) is 6.03 Å². The van der Waals surface area contributed by atoms with Gasteiger partial charge in [0, 0.05) is 19.6 Å². The fourth-order valence-electron chi connectivity index (χ4n) is 1.33. The Labute approximate surface area is 94.2 Å². The number of carbonyl (C=O) groups is 1. The van der Waals surface area contributed by atoms with E-state index in [1.54, 1.807) is 0 Å². The van der Waals surface area contributed by atoms with Crippen LogP contribution in [0.15, 0.2) is 0 Å². The third-order valence-corrected chi connectivity index (χ3v) is 2.45. The lowest BCUT2D eigenvalue weighted by Crippen LogP contribution is -2.40. The molecule has 0 aromatic carbocycles. The molecule has 3 nitrogen and oxygen atoms in total. The van der Waals surface area contributed by atoms with E-state index in [4.69, 9.17) is 0 Å². The van der Waals surface area contributed by atoms with Crippen molar-refractivity contribution in [1.82, 2.24) is 10.2 Å². The lowest BCUT2D eigenvalue weighted by Gasteiger charge is -2.21. The molecule has 1 N–H and O–H groups in total. The lowest BCUT2D eigenvalue weighted by atomic mass is 10.1. The van der Waals surface area contributed by atoms with Crippen molar-refractivity contribution < 1.29 is 4.79 Å². The molecule has 0 heterocycles. The highest BCUT2D eigenvalue weighted by Crippen LogP contribution is 1.98. The van der Waals surface area contributed by atoms with E-state index in [0.717, 1.165) is 38.9 Å². The van der Waals surface area contributed by atoms with Gasteiger partial charge in [0.2, 0.25) is 0 Å². The summed E-state index contributed by atoms with van der Waals surface area (Å²) in [6.45, 7) is 11.0. The summed E-state index contributed by atoms with van der Waals surface area (Å²) in [4.78, 5) is 13.6. The molecule has 0 saturated heterocycles. The number of amides is 2. The van der Waals surface area contributed by atoms with Crippen LogP contribution in [0, 0.1) is 5.92 Å². The first-order valence-corrected chi connectivity index (χ1v) is 6.14. The van der Waals surface area contributed by atoms with Crippen molar-refractivity contribution in [2.45, 2.75) is 47.0 Å². The second-order valence-electron chi connectivity index (χ2n) is 4.35. The van der Waals surface area contributed by atoms with Gasteiger partial charge in [0.25, 0.3) is 0 Å². The summed E-state index contributed by atoms with van der Waals surface area (Å²) in [6, 6.07) is 0.0894. The number of nitrogens with zero attached hydrogens (tertiary/aromatic N) is 1. The number of nitrogens with one attached hydrogen (secondary N) is 1. The average Bonchev–Trinajstić information content (AvgIpc) is 2.18. The van der Waals surface area contributed by atoms with E-state index < -0.39 is 0 Å². The first-order valence-electron chi connectivity index (χ1n) is 6.14. The molecule has 0 radical (unpaired) electrons. The first-order chi connectivity index (χ1) is 7.11. The van der Waals surface area contributed by atoms with Gasteiger partial charge < -0.3 is 10.2 Å². The maximum atomic E-state index is 11.7. The Morgan fingerprint density at radius 2 is 2.00 bits per heavy atom. The molecule has 15 heavy (non-hydrogen) atoms. The average molecular weight is 214 g/mol. The third kappa shape index (κ3) is 7.23. The Hall–Kier alpha value is -0.730. The number of urea groups is 1. The highest BCUT2D eigenvalue weighted by molar-refractivity contribution is 5.74. The van der Waals surface area contributed by atoms with Crippen molar-refractivity contribution in [3.8, 4) is 0 Å². The van der Waals surface area contributed by atoms with Crippen LogP contribution in [0.25, 0.3) is 0 Å². The minimum Gasteiger partial charge on any atom is -0.338 e. The van der Waals surface area contributed by atoms with Gasteiger partial charge in [0.15, 0.2) is 0 Å². The van der Waals surface area contributed by atoms with E-state index in [2.05, 4.69) is 26.1 Å². The summed E-state index contributed by atoms with van der Waals surface area (Å²) in [7, 11) is 0. The van der Waals surface area contributed by atoms with Gasteiger partial charge >= 0.3 is 6.03 Å². The zero-order valence-corrected chi connectivity index (χ0v) is 10.7. The van der Waals surface area contributed by atoms with Crippen molar-refractivity contribution in [2.24, 2.45) is 5.92 Å². The van der Waals surface area contributed by atoms with Crippen LogP contribution < -0.4 is 5.32 Å². The van der Waals surface area contributed by atoms with Crippen LogP contribution in [0.2, 0.25) is 0 Å². The standard InChI is InChI=1S/C12H26N2O/c1-5-7-10-14(6-2)12(15)13-9-8-11(3)4/h11H,5-10H2,1-4H3,(H,13,15). The Kier molecular flexibility index (Phi) is 8.15. The highest BCUT2D eigenvalue weighted by Gasteiger charge is 2.09. The maximum absolute atomic E-state index is 11.7. The molecule has 0 aliphatic carbocycles. The van der Waals surface area contributed by atoms with Gasteiger partial charge in [-0.25, -0.2) is 4.79 Å². The Balaban J connectivity index is 3.73. The van der Waals surface area contributed by atoms with Crippen molar-refractivity contribution in [1.29, 1.82) is 0 Å². The summed E-state index contributed by atoms with van der Waals surface area (Å²) in [5.41, 5.74) is 0. The van der Waals surface area contributed by atoms with Crippen LogP contribution >= 0.6 is 0 Å². The topological polar surface area (TPSA) is 32.3 Å². The number of carbonyl (C=O) groups excluding carboxylic acids is 1. The molecule has 0 rings (SSSR count). The van der Waals surface area contributed by atoms with Crippen LogP contribution in [0.5, 0.6) is 0 Å². The van der Waals surface area contributed by atoms with Crippen molar-refractivity contribution >= 4 is 6.03 Å². The van der Waals surface area contributed by atoms with Gasteiger partial charge in [-0.2, -0.15) is 0 Å². The summed E-state index contributed by atoms with van der Waals surface area (Å²) < 4.78 is 0. The number of rotatable bonds is 7.